The van der Waals surface area contributed by atoms with Gasteiger partial charge in [-0.1, -0.05) is 43.2 Å². The van der Waals surface area contributed by atoms with Crippen LogP contribution in [0.2, 0.25) is 0 Å². The lowest BCUT2D eigenvalue weighted by molar-refractivity contribution is -0.157. The number of hydrogen-bond donors (Lipinski definition) is 1. The number of anilines is 2. The summed E-state index contributed by atoms with van der Waals surface area (Å²) in [6.45, 7) is 5.91. The first-order chi connectivity index (χ1) is 14.9. The molecule has 2 aromatic rings. The summed E-state index contributed by atoms with van der Waals surface area (Å²) in [7, 11) is 0. The van der Waals surface area contributed by atoms with Gasteiger partial charge in [0.25, 0.3) is 5.91 Å². The van der Waals surface area contributed by atoms with Crippen LogP contribution in [0.5, 0.6) is 0 Å². The Hall–Kier alpha value is -3.15. The van der Waals surface area contributed by atoms with Gasteiger partial charge in [-0.25, -0.2) is 0 Å². The van der Waals surface area contributed by atoms with E-state index in [1.165, 1.54) is 12.5 Å². The minimum atomic E-state index is -0.948. The summed E-state index contributed by atoms with van der Waals surface area (Å²) in [6.07, 6.45) is 2.42. The van der Waals surface area contributed by atoms with Crippen LogP contribution in [0.4, 0.5) is 11.4 Å². The molecule has 0 saturated carbocycles. The van der Waals surface area contributed by atoms with Gasteiger partial charge in [0.1, 0.15) is 0 Å². The van der Waals surface area contributed by atoms with E-state index < -0.39 is 23.9 Å². The molecule has 31 heavy (non-hydrogen) atoms. The number of amides is 2. The molecule has 1 saturated heterocycles. The second-order valence-corrected chi connectivity index (χ2v) is 8.11. The summed E-state index contributed by atoms with van der Waals surface area (Å²) in [5.41, 5.74) is 3.75. The van der Waals surface area contributed by atoms with Gasteiger partial charge in [0.05, 0.1) is 5.92 Å². The van der Waals surface area contributed by atoms with E-state index in [1.54, 1.807) is 17.0 Å². The zero-order valence-corrected chi connectivity index (χ0v) is 18.4. The van der Waals surface area contributed by atoms with Gasteiger partial charge < -0.3 is 15.0 Å². The molecule has 1 fully saturated rings. The molecule has 0 bridgehead atoms. The summed E-state index contributed by atoms with van der Waals surface area (Å²) in [6, 6.07) is 15.3. The fourth-order valence-corrected chi connectivity index (χ4v) is 3.54. The highest BCUT2D eigenvalue weighted by atomic mass is 16.5. The first-order valence-corrected chi connectivity index (χ1v) is 10.8. The van der Waals surface area contributed by atoms with Crippen molar-refractivity contribution in [3.05, 3.63) is 59.7 Å². The monoisotopic (exact) mass is 422 g/mol. The molecule has 0 aromatic heterocycles. The molecule has 3 rings (SSSR count). The van der Waals surface area contributed by atoms with Gasteiger partial charge in [-0.05, 0) is 56.5 Å². The fourth-order valence-electron chi connectivity index (χ4n) is 3.54. The number of aryl methyl sites for hydroxylation is 2. The van der Waals surface area contributed by atoms with E-state index in [2.05, 4.69) is 12.2 Å². The molecule has 0 unspecified atom stereocenters. The number of carbonyl (C=O) groups is 3. The van der Waals surface area contributed by atoms with Gasteiger partial charge in [-0.3, -0.25) is 14.4 Å². The standard InChI is InChI=1S/C25H30N2O4/c1-4-5-6-19-9-13-22(14-10-19)27-16-20(15-23(27)28)25(30)31-18(3)24(29)26-21-11-7-17(2)8-12-21/h7-14,18,20H,4-6,15-16H2,1-3H3,(H,26,29)/t18-,20+/m1/s1. The summed E-state index contributed by atoms with van der Waals surface area (Å²) in [5, 5.41) is 2.73. The summed E-state index contributed by atoms with van der Waals surface area (Å²) in [4.78, 5) is 39.0. The number of unbranched alkanes of at least 4 members (excludes halogenated alkanes) is 1. The van der Waals surface area contributed by atoms with Crippen molar-refractivity contribution in [2.45, 2.75) is 52.6 Å². The third-order valence-corrected chi connectivity index (χ3v) is 5.51. The number of carbonyl (C=O) groups excluding carboxylic acids is 3. The molecule has 2 aromatic carbocycles. The van der Waals surface area contributed by atoms with Crippen LogP contribution in [0.3, 0.4) is 0 Å². The highest BCUT2D eigenvalue weighted by Gasteiger charge is 2.37. The Bertz CT molecular complexity index is 922. The Labute approximate surface area is 183 Å². The van der Waals surface area contributed by atoms with E-state index in [0.29, 0.717) is 5.69 Å². The lowest BCUT2D eigenvalue weighted by Crippen LogP contribution is -2.33. The maximum Gasteiger partial charge on any atom is 0.312 e. The average Bonchev–Trinajstić information content (AvgIpc) is 3.16. The van der Waals surface area contributed by atoms with Crippen molar-refractivity contribution in [3.63, 3.8) is 0 Å². The van der Waals surface area contributed by atoms with Crippen LogP contribution in [0, 0.1) is 12.8 Å². The van der Waals surface area contributed by atoms with Crippen LogP contribution in [0.25, 0.3) is 0 Å². The highest BCUT2D eigenvalue weighted by Crippen LogP contribution is 2.27. The third-order valence-electron chi connectivity index (χ3n) is 5.51. The maximum absolute atomic E-state index is 12.6. The zero-order valence-electron chi connectivity index (χ0n) is 18.4. The van der Waals surface area contributed by atoms with Crippen LogP contribution in [0.15, 0.2) is 48.5 Å². The van der Waals surface area contributed by atoms with Crippen molar-refractivity contribution in [1.82, 2.24) is 0 Å². The molecule has 1 N–H and O–H groups in total. The predicted molar refractivity (Wildman–Crippen MR) is 121 cm³/mol. The average molecular weight is 423 g/mol. The summed E-state index contributed by atoms with van der Waals surface area (Å²) < 4.78 is 5.36. The van der Waals surface area contributed by atoms with Crippen LogP contribution < -0.4 is 10.2 Å². The number of nitrogens with zero attached hydrogens (tertiary/aromatic N) is 1. The summed E-state index contributed by atoms with van der Waals surface area (Å²) in [5.74, 6) is -1.62. The summed E-state index contributed by atoms with van der Waals surface area (Å²) >= 11 is 0. The van der Waals surface area contributed by atoms with Crippen LogP contribution in [-0.4, -0.2) is 30.4 Å². The van der Waals surface area contributed by atoms with Gasteiger partial charge in [0.15, 0.2) is 6.10 Å². The van der Waals surface area contributed by atoms with Crippen molar-refractivity contribution in [3.8, 4) is 0 Å². The van der Waals surface area contributed by atoms with Crippen molar-refractivity contribution >= 4 is 29.2 Å². The Kier molecular flexibility index (Phi) is 7.45. The van der Waals surface area contributed by atoms with Crippen molar-refractivity contribution in [2.75, 3.05) is 16.8 Å². The van der Waals surface area contributed by atoms with E-state index >= 15 is 0 Å². The quantitative estimate of drug-likeness (QED) is 0.645. The SMILES string of the molecule is CCCCc1ccc(N2C[C@@H](C(=O)O[C@H](C)C(=O)Nc3ccc(C)cc3)CC2=O)cc1. The number of ether oxygens (including phenoxy) is 1. The Morgan fingerprint density at radius 3 is 2.45 bits per heavy atom. The van der Waals surface area contributed by atoms with E-state index in [1.807, 2.05) is 43.3 Å². The highest BCUT2D eigenvalue weighted by molar-refractivity contribution is 6.00. The Morgan fingerprint density at radius 2 is 1.81 bits per heavy atom. The number of esters is 1. The lowest BCUT2D eigenvalue weighted by Gasteiger charge is -2.18. The van der Waals surface area contributed by atoms with Crippen molar-refractivity contribution in [1.29, 1.82) is 0 Å². The Morgan fingerprint density at radius 1 is 1.13 bits per heavy atom. The molecule has 1 aliphatic rings. The maximum atomic E-state index is 12.6. The van der Waals surface area contributed by atoms with Crippen molar-refractivity contribution in [2.24, 2.45) is 5.92 Å². The second kappa shape index (κ2) is 10.2. The molecule has 2 amide bonds. The van der Waals surface area contributed by atoms with E-state index in [4.69, 9.17) is 4.74 Å². The molecule has 0 radical (unpaired) electrons. The van der Waals surface area contributed by atoms with Gasteiger partial charge in [0, 0.05) is 24.3 Å². The second-order valence-electron chi connectivity index (χ2n) is 8.11. The molecule has 0 spiro atoms. The molecular formula is C25H30N2O4. The molecule has 1 heterocycles. The molecule has 1 aliphatic heterocycles. The van der Waals surface area contributed by atoms with Crippen LogP contribution in [-0.2, 0) is 25.5 Å². The predicted octanol–water partition coefficient (Wildman–Crippen LogP) is 4.26. The smallest absolute Gasteiger partial charge is 0.312 e. The molecule has 6 nitrogen and oxygen atoms in total. The minimum absolute atomic E-state index is 0.0860. The van der Waals surface area contributed by atoms with Crippen molar-refractivity contribution < 1.29 is 19.1 Å². The largest absolute Gasteiger partial charge is 0.452 e. The number of benzene rings is 2. The van der Waals surface area contributed by atoms with Crippen LogP contribution in [0.1, 0.15) is 44.2 Å². The molecule has 6 heteroatoms. The first kappa shape index (κ1) is 22.5. The number of hydrogen-bond acceptors (Lipinski definition) is 4. The number of nitrogens with one attached hydrogen (secondary N) is 1. The van der Waals surface area contributed by atoms with E-state index in [0.717, 1.165) is 30.5 Å². The molecule has 164 valence electrons. The topological polar surface area (TPSA) is 75.7 Å². The normalized spacial score (nSPS) is 16.8. The number of rotatable bonds is 8. The van der Waals surface area contributed by atoms with Gasteiger partial charge in [0.2, 0.25) is 5.91 Å². The van der Waals surface area contributed by atoms with Gasteiger partial charge in [-0.15, -0.1) is 0 Å². The van der Waals surface area contributed by atoms with E-state index in [9.17, 15) is 14.4 Å². The van der Waals surface area contributed by atoms with Crippen LogP contribution >= 0.6 is 0 Å². The minimum Gasteiger partial charge on any atom is -0.452 e. The Balaban J connectivity index is 1.54. The first-order valence-electron chi connectivity index (χ1n) is 10.8. The fraction of sp³-hybridized carbons (Fsp3) is 0.400. The third kappa shape index (κ3) is 5.94. The molecular weight excluding hydrogens is 392 g/mol. The molecule has 0 aliphatic carbocycles. The van der Waals surface area contributed by atoms with Gasteiger partial charge >= 0.3 is 5.97 Å². The lowest BCUT2D eigenvalue weighted by atomic mass is 10.1. The zero-order chi connectivity index (χ0) is 22.4. The van der Waals surface area contributed by atoms with E-state index in [-0.39, 0.29) is 18.9 Å². The van der Waals surface area contributed by atoms with Gasteiger partial charge in [-0.2, -0.15) is 0 Å². The molecule has 2 atom stereocenters.